The van der Waals surface area contributed by atoms with E-state index in [0.29, 0.717) is 5.92 Å². The van der Waals surface area contributed by atoms with Crippen LogP contribution in [0.5, 0.6) is 0 Å². The van der Waals surface area contributed by atoms with Gasteiger partial charge in [-0.1, -0.05) is 118 Å². The quantitative estimate of drug-likeness (QED) is 0.251. The molecule has 0 heterocycles. The van der Waals surface area contributed by atoms with Gasteiger partial charge in [0.15, 0.2) is 0 Å². The Labute approximate surface area is 154 Å². The summed E-state index contributed by atoms with van der Waals surface area (Å²) in [6.07, 6.45) is 20.0. The number of allylic oxidation sites excluding steroid dienone is 1. The lowest BCUT2D eigenvalue weighted by atomic mass is 10.0. The van der Waals surface area contributed by atoms with Crippen molar-refractivity contribution in [2.45, 2.75) is 118 Å². The highest BCUT2D eigenvalue weighted by atomic mass is 14.9. The van der Waals surface area contributed by atoms with Gasteiger partial charge < -0.3 is 5.32 Å². The van der Waals surface area contributed by atoms with Crippen molar-refractivity contribution in [3.8, 4) is 0 Å². The van der Waals surface area contributed by atoms with Crippen LogP contribution in [0.3, 0.4) is 0 Å². The van der Waals surface area contributed by atoms with Crippen molar-refractivity contribution in [2.24, 2.45) is 11.8 Å². The van der Waals surface area contributed by atoms with Crippen LogP contribution in [0.1, 0.15) is 118 Å². The van der Waals surface area contributed by atoms with Crippen LogP contribution in [0.15, 0.2) is 12.3 Å². The Kier molecular flexibility index (Phi) is 17.0. The van der Waals surface area contributed by atoms with Crippen LogP contribution in [0, 0.1) is 11.8 Å². The summed E-state index contributed by atoms with van der Waals surface area (Å²) in [6, 6.07) is 0. The van der Waals surface area contributed by atoms with E-state index in [0.717, 1.165) is 12.5 Å². The molecule has 144 valence electrons. The average Bonchev–Trinajstić information content (AvgIpc) is 2.53. The van der Waals surface area contributed by atoms with Gasteiger partial charge in [-0.15, -0.1) is 0 Å². The fourth-order valence-electron chi connectivity index (χ4n) is 3.08. The van der Waals surface area contributed by atoms with Gasteiger partial charge in [-0.05, 0) is 18.3 Å². The Balaban J connectivity index is 3.06. The molecule has 0 aliphatic rings. The SMILES string of the molecule is C=C(NCCCCCCCCCCCCCCCC(C)C)C(C)C. The Morgan fingerprint density at radius 3 is 1.38 bits per heavy atom. The van der Waals surface area contributed by atoms with E-state index in [9.17, 15) is 0 Å². The molecule has 1 nitrogen and oxygen atoms in total. The van der Waals surface area contributed by atoms with Crippen molar-refractivity contribution in [2.75, 3.05) is 6.54 Å². The third kappa shape index (κ3) is 17.9. The van der Waals surface area contributed by atoms with Crippen LogP contribution in [0.2, 0.25) is 0 Å². The molecule has 0 spiro atoms. The fourth-order valence-corrected chi connectivity index (χ4v) is 3.08. The van der Waals surface area contributed by atoms with Gasteiger partial charge in [0, 0.05) is 12.2 Å². The van der Waals surface area contributed by atoms with Crippen LogP contribution in [-0.2, 0) is 0 Å². The molecule has 0 aromatic carbocycles. The number of hydrogen-bond donors (Lipinski definition) is 1. The summed E-state index contributed by atoms with van der Waals surface area (Å²) in [4.78, 5) is 0. The molecule has 0 aliphatic heterocycles. The van der Waals surface area contributed by atoms with E-state index in [1.165, 1.54) is 95.6 Å². The molecular formula is C23H47N. The van der Waals surface area contributed by atoms with E-state index in [-0.39, 0.29) is 0 Å². The lowest BCUT2D eigenvalue weighted by Crippen LogP contribution is -2.17. The first-order valence-corrected chi connectivity index (χ1v) is 11.0. The summed E-state index contributed by atoms with van der Waals surface area (Å²) in [5.41, 5.74) is 1.19. The molecule has 0 amide bonds. The second kappa shape index (κ2) is 17.4. The second-order valence-corrected chi connectivity index (χ2v) is 8.39. The molecule has 0 radical (unpaired) electrons. The number of rotatable bonds is 18. The van der Waals surface area contributed by atoms with Crippen LogP contribution in [0.4, 0.5) is 0 Å². The monoisotopic (exact) mass is 337 g/mol. The van der Waals surface area contributed by atoms with Crippen molar-refractivity contribution in [1.29, 1.82) is 0 Å². The van der Waals surface area contributed by atoms with Crippen LogP contribution >= 0.6 is 0 Å². The zero-order chi connectivity index (χ0) is 18.0. The largest absolute Gasteiger partial charge is 0.389 e. The van der Waals surface area contributed by atoms with Crippen molar-refractivity contribution in [1.82, 2.24) is 5.32 Å². The Morgan fingerprint density at radius 1 is 0.625 bits per heavy atom. The topological polar surface area (TPSA) is 12.0 Å². The maximum absolute atomic E-state index is 4.05. The standard InChI is InChI=1S/C23H47N/c1-21(2)19-17-15-13-11-9-7-6-8-10-12-14-16-18-20-24-23(5)22(3)4/h21-22,24H,5-20H2,1-4H3. The van der Waals surface area contributed by atoms with Crippen LogP contribution < -0.4 is 5.32 Å². The molecule has 0 bridgehead atoms. The number of hydrogen-bond acceptors (Lipinski definition) is 1. The molecule has 1 N–H and O–H groups in total. The molecule has 0 aliphatic carbocycles. The Hall–Kier alpha value is -0.460. The van der Waals surface area contributed by atoms with Crippen molar-refractivity contribution in [3.63, 3.8) is 0 Å². The maximum Gasteiger partial charge on any atom is 0.0143 e. The summed E-state index contributed by atoms with van der Waals surface area (Å²) in [7, 11) is 0. The van der Waals surface area contributed by atoms with Crippen LogP contribution in [0.25, 0.3) is 0 Å². The highest BCUT2D eigenvalue weighted by Crippen LogP contribution is 2.14. The molecular weight excluding hydrogens is 290 g/mol. The molecule has 24 heavy (non-hydrogen) atoms. The van der Waals surface area contributed by atoms with E-state index in [1.807, 2.05) is 0 Å². The number of nitrogens with one attached hydrogen (secondary N) is 1. The van der Waals surface area contributed by atoms with Crippen molar-refractivity contribution >= 4 is 0 Å². The summed E-state index contributed by atoms with van der Waals surface area (Å²) >= 11 is 0. The zero-order valence-electron chi connectivity index (χ0n) is 17.5. The molecule has 0 saturated heterocycles. The minimum absolute atomic E-state index is 0.560. The summed E-state index contributed by atoms with van der Waals surface area (Å²) in [5.74, 6) is 1.45. The molecule has 0 aromatic rings. The van der Waals surface area contributed by atoms with Gasteiger partial charge in [0.05, 0.1) is 0 Å². The summed E-state index contributed by atoms with van der Waals surface area (Å²) in [5, 5.41) is 3.44. The molecule has 0 rings (SSSR count). The third-order valence-electron chi connectivity index (χ3n) is 5.01. The summed E-state index contributed by atoms with van der Waals surface area (Å²) in [6.45, 7) is 14.2. The van der Waals surface area contributed by atoms with Gasteiger partial charge in [0.1, 0.15) is 0 Å². The first-order chi connectivity index (χ1) is 11.5. The lowest BCUT2D eigenvalue weighted by molar-refractivity contribution is 0.502. The van der Waals surface area contributed by atoms with Gasteiger partial charge in [-0.3, -0.25) is 0 Å². The molecule has 0 saturated carbocycles. The average molecular weight is 338 g/mol. The lowest BCUT2D eigenvalue weighted by Gasteiger charge is -2.12. The Bertz CT molecular complexity index is 267. The second-order valence-electron chi connectivity index (χ2n) is 8.39. The van der Waals surface area contributed by atoms with Crippen molar-refractivity contribution in [3.05, 3.63) is 12.3 Å². The minimum Gasteiger partial charge on any atom is -0.389 e. The zero-order valence-corrected chi connectivity index (χ0v) is 17.5. The van der Waals surface area contributed by atoms with Crippen LogP contribution in [-0.4, -0.2) is 6.54 Å². The normalized spacial score (nSPS) is 11.4. The van der Waals surface area contributed by atoms with Gasteiger partial charge in [-0.2, -0.15) is 0 Å². The van der Waals surface area contributed by atoms with Crippen molar-refractivity contribution < 1.29 is 0 Å². The maximum atomic E-state index is 4.05. The highest BCUT2D eigenvalue weighted by Gasteiger charge is 1.98. The van der Waals surface area contributed by atoms with E-state index in [2.05, 4.69) is 39.6 Å². The summed E-state index contributed by atoms with van der Waals surface area (Å²) < 4.78 is 0. The predicted octanol–water partition coefficient (Wildman–Crippen LogP) is 7.86. The van der Waals surface area contributed by atoms with E-state index in [4.69, 9.17) is 0 Å². The van der Waals surface area contributed by atoms with E-state index < -0.39 is 0 Å². The molecule has 0 fully saturated rings. The third-order valence-corrected chi connectivity index (χ3v) is 5.01. The van der Waals surface area contributed by atoms with Gasteiger partial charge in [0.2, 0.25) is 0 Å². The van der Waals surface area contributed by atoms with Gasteiger partial charge >= 0.3 is 0 Å². The predicted molar refractivity (Wildman–Crippen MR) is 111 cm³/mol. The molecule has 1 heteroatoms. The molecule has 0 unspecified atom stereocenters. The first kappa shape index (κ1) is 23.5. The van der Waals surface area contributed by atoms with E-state index >= 15 is 0 Å². The van der Waals surface area contributed by atoms with Gasteiger partial charge in [0.25, 0.3) is 0 Å². The minimum atomic E-state index is 0.560. The molecule has 0 aromatic heterocycles. The number of unbranched alkanes of at least 4 members (excludes halogenated alkanes) is 12. The highest BCUT2D eigenvalue weighted by molar-refractivity contribution is 4.93. The van der Waals surface area contributed by atoms with E-state index in [1.54, 1.807) is 0 Å². The smallest absolute Gasteiger partial charge is 0.0143 e. The Morgan fingerprint density at radius 2 is 1.00 bits per heavy atom. The molecule has 0 atom stereocenters. The first-order valence-electron chi connectivity index (χ1n) is 11.0. The fraction of sp³-hybridized carbons (Fsp3) is 0.913. The van der Waals surface area contributed by atoms with Gasteiger partial charge in [-0.25, -0.2) is 0 Å².